The summed E-state index contributed by atoms with van der Waals surface area (Å²) in [6, 6.07) is 16.5. The molecule has 174 valence electrons. The summed E-state index contributed by atoms with van der Waals surface area (Å²) in [5.74, 6) is -0.999. The number of anilines is 1. The van der Waals surface area contributed by atoms with Gasteiger partial charge >= 0.3 is 10.1 Å². The molecule has 0 saturated heterocycles. The molecule has 0 atom stereocenters. The first-order valence-corrected chi connectivity index (χ1v) is 11.9. The van der Waals surface area contributed by atoms with Gasteiger partial charge in [-0.15, -0.1) is 0 Å². The molecule has 3 aromatic rings. The molecule has 0 aliphatic rings. The lowest BCUT2D eigenvalue weighted by Crippen LogP contribution is -2.14. The van der Waals surface area contributed by atoms with Crippen LogP contribution in [-0.4, -0.2) is 21.4 Å². The zero-order valence-corrected chi connectivity index (χ0v) is 20.5. The van der Waals surface area contributed by atoms with Crippen molar-refractivity contribution in [2.45, 2.75) is 4.90 Å². The van der Waals surface area contributed by atoms with Gasteiger partial charge in [-0.05, 0) is 54.1 Å². The van der Waals surface area contributed by atoms with Gasteiger partial charge in [0, 0.05) is 5.02 Å². The van der Waals surface area contributed by atoms with Crippen molar-refractivity contribution in [1.29, 1.82) is 5.26 Å². The van der Waals surface area contributed by atoms with Crippen LogP contribution < -0.4 is 14.2 Å². The van der Waals surface area contributed by atoms with Crippen molar-refractivity contribution in [3.8, 4) is 17.6 Å². The van der Waals surface area contributed by atoms with Gasteiger partial charge in [0.25, 0.3) is 5.91 Å². The number of hydrogen-bond acceptors (Lipinski definition) is 6. The predicted octanol–water partition coefficient (Wildman–Crippen LogP) is 5.97. The maximum absolute atomic E-state index is 12.6. The molecular weight excluding hydrogens is 523 g/mol. The summed E-state index contributed by atoms with van der Waals surface area (Å²) in [5.41, 5.74) is 0.237. The van der Waals surface area contributed by atoms with Crippen molar-refractivity contribution in [3.05, 3.63) is 86.9 Å². The molecule has 34 heavy (non-hydrogen) atoms. The van der Waals surface area contributed by atoms with Gasteiger partial charge in [0.1, 0.15) is 16.5 Å². The molecule has 3 rings (SSSR count). The molecule has 1 N–H and O–H groups in total. The zero-order chi connectivity index (χ0) is 24.9. The fraction of sp³-hybridized carbons (Fsp3) is 0.0435. The summed E-state index contributed by atoms with van der Waals surface area (Å²) in [6.07, 6.45) is 1.25. The quantitative estimate of drug-likeness (QED) is 0.226. The number of methoxy groups -OCH3 is 1. The van der Waals surface area contributed by atoms with Crippen LogP contribution in [0.2, 0.25) is 15.1 Å². The van der Waals surface area contributed by atoms with Crippen molar-refractivity contribution in [2.75, 3.05) is 12.4 Å². The first kappa shape index (κ1) is 25.4. The summed E-state index contributed by atoms with van der Waals surface area (Å²) in [6.45, 7) is 0. The fourth-order valence-corrected chi connectivity index (χ4v) is 4.37. The number of carbonyl (C=O) groups is 1. The number of nitrogens with zero attached hydrogens (tertiary/aromatic N) is 1. The highest BCUT2D eigenvalue weighted by atomic mass is 35.5. The van der Waals surface area contributed by atoms with E-state index in [1.54, 1.807) is 30.3 Å². The molecular formula is C23H15Cl3N2O5S. The minimum Gasteiger partial charge on any atom is -0.493 e. The topological polar surface area (TPSA) is 105 Å². The molecule has 0 heterocycles. The Balaban J connectivity index is 1.92. The van der Waals surface area contributed by atoms with Crippen LogP contribution in [0.5, 0.6) is 11.5 Å². The van der Waals surface area contributed by atoms with Crippen molar-refractivity contribution < 1.29 is 22.1 Å². The van der Waals surface area contributed by atoms with Crippen LogP contribution in [0.25, 0.3) is 6.08 Å². The van der Waals surface area contributed by atoms with Crippen LogP contribution in [0.4, 0.5) is 5.69 Å². The molecule has 0 bridgehead atoms. The average Bonchev–Trinajstić information content (AvgIpc) is 2.81. The van der Waals surface area contributed by atoms with E-state index in [2.05, 4.69) is 5.32 Å². The van der Waals surface area contributed by atoms with Crippen LogP contribution >= 0.6 is 34.8 Å². The normalized spacial score (nSPS) is 11.4. The van der Waals surface area contributed by atoms with Crippen LogP contribution in [0.15, 0.2) is 71.1 Å². The number of nitrogens with one attached hydrogen (secondary N) is 1. The van der Waals surface area contributed by atoms with Gasteiger partial charge in [0.05, 0.1) is 22.8 Å². The van der Waals surface area contributed by atoms with Gasteiger partial charge in [-0.25, -0.2) is 0 Å². The predicted molar refractivity (Wildman–Crippen MR) is 131 cm³/mol. The lowest BCUT2D eigenvalue weighted by atomic mass is 10.1. The van der Waals surface area contributed by atoms with Gasteiger partial charge in [-0.2, -0.15) is 13.7 Å². The largest absolute Gasteiger partial charge is 0.493 e. The monoisotopic (exact) mass is 536 g/mol. The third-order valence-electron chi connectivity index (χ3n) is 4.33. The lowest BCUT2D eigenvalue weighted by Gasteiger charge is -2.13. The average molecular weight is 538 g/mol. The fourth-order valence-electron chi connectivity index (χ4n) is 2.75. The second-order valence-corrected chi connectivity index (χ2v) is 9.43. The highest BCUT2D eigenvalue weighted by Crippen LogP contribution is 2.39. The van der Waals surface area contributed by atoms with Gasteiger partial charge in [-0.3, -0.25) is 4.79 Å². The number of amides is 1. The third kappa shape index (κ3) is 6.01. The van der Waals surface area contributed by atoms with E-state index in [-0.39, 0.29) is 43.3 Å². The first-order valence-electron chi connectivity index (χ1n) is 9.40. The van der Waals surface area contributed by atoms with Crippen LogP contribution in [-0.2, 0) is 14.9 Å². The Morgan fingerprint density at radius 1 is 1.03 bits per heavy atom. The van der Waals surface area contributed by atoms with Crippen molar-refractivity contribution in [2.24, 2.45) is 0 Å². The molecule has 7 nitrogen and oxygen atoms in total. The smallest absolute Gasteiger partial charge is 0.339 e. The summed E-state index contributed by atoms with van der Waals surface area (Å²) in [4.78, 5) is 12.5. The Morgan fingerprint density at radius 3 is 2.38 bits per heavy atom. The van der Waals surface area contributed by atoms with Gasteiger partial charge in [-0.1, -0.05) is 53.0 Å². The molecule has 0 unspecified atom stereocenters. The Labute approximate surface area is 211 Å². The Morgan fingerprint density at radius 2 is 1.74 bits per heavy atom. The minimum atomic E-state index is -4.18. The van der Waals surface area contributed by atoms with E-state index in [4.69, 9.17) is 43.7 Å². The number of ether oxygens (including phenoxy) is 1. The second-order valence-electron chi connectivity index (χ2n) is 6.63. The molecule has 1 amide bonds. The van der Waals surface area contributed by atoms with E-state index in [9.17, 15) is 18.5 Å². The number of benzene rings is 3. The maximum Gasteiger partial charge on any atom is 0.339 e. The number of hydrogen-bond donors (Lipinski definition) is 1. The summed E-state index contributed by atoms with van der Waals surface area (Å²) in [7, 11) is -2.89. The molecule has 0 spiro atoms. The first-order chi connectivity index (χ1) is 16.1. The summed E-state index contributed by atoms with van der Waals surface area (Å²) < 4.78 is 35.6. The van der Waals surface area contributed by atoms with Gasteiger partial charge < -0.3 is 14.2 Å². The van der Waals surface area contributed by atoms with Gasteiger partial charge in [0.15, 0.2) is 5.75 Å². The van der Waals surface area contributed by atoms with Crippen molar-refractivity contribution in [3.63, 3.8) is 0 Å². The van der Waals surface area contributed by atoms with E-state index in [1.165, 1.54) is 49.6 Å². The Hall–Kier alpha value is -3.22. The van der Waals surface area contributed by atoms with E-state index in [0.717, 1.165) is 0 Å². The van der Waals surface area contributed by atoms with Crippen LogP contribution in [0, 0.1) is 11.3 Å². The van der Waals surface area contributed by atoms with E-state index >= 15 is 0 Å². The standard InChI is InChI=1S/C23H15Cl3N2O5S/c1-32-21-11-14(9-15(13-27)23(29)28-20-12-16(24)7-8-18(20)25)10-19(26)22(21)33-34(30,31)17-5-3-2-4-6-17/h2-12H,1H3,(H,28,29)/b15-9+. The zero-order valence-electron chi connectivity index (χ0n) is 17.4. The highest BCUT2D eigenvalue weighted by molar-refractivity contribution is 7.87. The molecule has 0 aliphatic heterocycles. The van der Waals surface area contributed by atoms with Crippen LogP contribution in [0.1, 0.15) is 5.56 Å². The molecule has 0 radical (unpaired) electrons. The van der Waals surface area contributed by atoms with Gasteiger partial charge in [0.2, 0.25) is 5.75 Å². The lowest BCUT2D eigenvalue weighted by molar-refractivity contribution is -0.112. The van der Waals surface area contributed by atoms with Crippen molar-refractivity contribution >= 4 is 62.6 Å². The third-order valence-corrected chi connectivity index (χ3v) is 6.41. The minimum absolute atomic E-state index is 0.0196. The summed E-state index contributed by atoms with van der Waals surface area (Å²) in [5, 5.41) is 12.5. The summed E-state index contributed by atoms with van der Waals surface area (Å²) >= 11 is 18.2. The molecule has 0 fully saturated rings. The molecule has 11 heteroatoms. The SMILES string of the molecule is COc1cc(/C=C(\C#N)C(=O)Nc2cc(Cl)ccc2Cl)cc(Cl)c1OS(=O)(=O)c1ccccc1. The Bertz CT molecular complexity index is 1420. The maximum atomic E-state index is 12.6. The van der Waals surface area contributed by atoms with E-state index < -0.39 is 16.0 Å². The molecule has 0 aromatic heterocycles. The van der Waals surface area contributed by atoms with E-state index in [0.29, 0.717) is 5.02 Å². The second kappa shape index (κ2) is 10.8. The molecule has 3 aromatic carbocycles. The number of rotatable bonds is 7. The molecule has 0 aliphatic carbocycles. The number of nitriles is 1. The highest BCUT2D eigenvalue weighted by Gasteiger charge is 2.22. The number of carbonyl (C=O) groups excluding carboxylic acids is 1. The molecule has 0 saturated carbocycles. The number of halogens is 3. The Kier molecular flexibility index (Phi) is 8.07. The van der Waals surface area contributed by atoms with E-state index in [1.807, 2.05) is 0 Å². The van der Waals surface area contributed by atoms with Crippen LogP contribution in [0.3, 0.4) is 0 Å². The van der Waals surface area contributed by atoms with Crippen molar-refractivity contribution in [1.82, 2.24) is 0 Å².